The highest BCUT2D eigenvalue weighted by Crippen LogP contribution is 2.44. The molecule has 0 amide bonds. The highest BCUT2D eigenvalue weighted by atomic mass is 32.1. The normalized spacial score (nSPS) is 23.5. The summed E-state index contributed by atoms with van der Waals surface area (Å²) in [6.45, 7) is 3.44. The number of thiocarbonyl (C=S) groups is 1. The predicted molar refractivity (Wildman–Crippen MR) is 139 cm³/mol. The molecule has 2 saturated heterocycles. The highest BCUT2D eigenvalue weighted by Gasteiger charge is 2.42. The Morgan fingerprint density at radius 1 is 0.912 bits per heavy atom. The van der Waals surface area contributed by atoms with Crippen molar-refractivity contribution < 1.29 is 4.74 Å². The first-order valence-electron chi connectivity index (χ1n) is 12.4. The van der Waals surface area contributed by atoms with E-state index in [1.54, 1.807) is 0 Å². The maximum Gasteiger partial charge on any atom is 0.174 e. The smallest absolute Gasteiger partial charge is 0.174 e. The number of hydrogen-bond donors (Lipinski definition) is 1. The predicted octanol–water partition coefficient (Wildman–Crippen LogP) is 5.01. The van der Waals surface area contributed by atoms with Crippen LogP contribution >= 0.6 is 12.2 Å². The van der Waals surface area contributed by atoms with Crippen molar-refractivity contribution in [2.45, 2.75) is 43.8 Å². The Labute approximate surface area is 206 Å². The fourth-order valence-corrected chi connectivity index (χ4v) is 6.10. The Morgan fingerprint density at radius 2 is 1.68 bits per heavy atom. The van der Waals surface area contributed by atoms with Crippen LogP contribution in [0.15, 0.2) is 67.0 Å². The standard InChI is InChI=1S/C27H31N5OS/c34-27-29-25(23-8-3-4-14-28-23)26(24-9-5-15-31(24)21-6-1-2-7-21)32(27)22-12-10-20(11-13-22)30-16-18-33-19-17-30/h3-5,8-15,21,25-26H,1-2,6-7,16-19H2,(H,29,34)/t25-,26-/m0/s1. The molecule has 1 aromatic carbocycles. The van der Waals surface area contributed by atoms with Crippen LogP contribution in [0.2, 0.25) is 0 Å². The topological polar surface area (TPSA) is 45.6 Å². The van der Waals surface area contributed by atoms with Crippen molar-refractivity contribution in [2.75, 3.05) is 36.1 Å². The third-order valence-electron chi connectivity index (χ3n) is 7.44. The van der Waals surface area contributed by atoms with Crippen LogP contribution in [0, 0.1) is 0 Å². The molecule has 4 heterocycles. The SMILES string of the molecule is S=C1N[C@@H](c2ccccn2)[C@H](c2cccn2C2CCCC2)N1c1ccc(N2CCOCC2)cc1. The summed E-state index contributed by atoms with van der Waals surface area (Å²) in [6, 6.07) is 20.0. The van der Waals surface area contributed by atoms with Gasteiger partial charge >= 0.3 is 0 Å². The summed E-state index contributed by atoms with van der Waals surface area (Å²) in [5.74, 6) is 0. The summed E-state index contributed by atoms with van der Waals surface area (Å²) in [6.07, 6.45) is 9.22. The van der Waals surface area contributed by atoms with Crippen molar-refractivity contribution in [3.63, 3.8) is 0 Å². The zero-order valence-corrected chi connectivity index (χ0v) is 20.2. The molecule has 3 fully saturated rings. The molecular formula is C27H31N5OS. The molecule has 2 aromatic heterocycles. The molecular weight excluding hydrogens is 442 g/mol. The van der Waals surface area contributed by atoms with E-state index in [2.05, 4.69) is 74.4 Å². The van der Waals surface area contributed by atoms with Crippen molar-refractivity contribution in [1.82, 2.24) is 14.9 Å². The molecule has 3 aromatic rings. The molecule has 7 heteroatoms. The zero-order chi connectivity index (χ0) is 22.9. The molecule has 0 radical (unpaired) electrons. The van der Waals surface area contributed by atoms with Crippen molar-refractivity contribution in [1.29, 1.82) is 0 Å². The van der Waals surface area contributed by atoms with E-state index in [-0.39, 0.29) is 12.1 Å². The van der Waals surface area contributed by atoms with Gasteiger partial charge in [0.1, 0.15) is 6.04 Å². The van der Waals surface area contributed by atoms with Crippen molar-refractivity contribution in [3.8, 4) is 0 Å². The quantitative estimate of drug-likeness (QED) is 0.526. The summed E-state index contributed by atoms with van der Waals surface area (Å²) in [5.41, 5.74) is 4.66. The monoisotopic (exact) mass is 473 g/mol. The summed E-state index contributed by atoms with van der Waals surface area (Å²) < 4.78 is 8.02. The molecule has 6 nitrogen and oxygen atoms in total. The molecule has 176 valence electrons. The van der Waals surface area contributed by atoms with Crippen LogP contribution in [-0.4, -0.2) is 41.0 Å². The van der Waals surface area contributed by atoms with Crippen LogP contribution in [-0.2, 0) is 4.74 Å². The van der Waals surface area contributed by atoms with Gasteiger partial charge < -0.3 is 24.4 Å². The second-order valence-electron chi connectivity index (χ2n) is 9.39. The fraction of sp³-hybridized carbons (Fsp3) is 0.407. The van der Waals surface area contributed by atoms with Crippen molar-refractivity contribution in [3.05, 3.63) is 78.4 Å². The molecule has 3 aliphatic rings. The Morgan fingerprint density at radius 3 is 2.41 bits per heavy atom. The van der Waals surface area contributed by atoms with Gasteiger partial charge in [0.15, 0.2) is 5.11 Å². The van der Waals surface area contributed by atoms with Gasteiger partial charge in [-0.25, -0.2) is 0 Å². The van der Waals surface area contributed by atoms with Gasteiger partial charge in [-0.3, -0.25) is 4.98 Å². The number of nitrogens with zero attached hydrogens (tertiary/aromatic N) is 4. The lowest BCUT2D eigenvalue weighted by molar-refractivity contribution is 0.122. The van der Waals surface area contributed by atoms with Gasteiger partial charge in [0, 0.05) is 48.6 Å². The molecule has 34 heavy (non-hydrogen) atoms. The minimum absolute atomic E-state index is 0.0114. The van der Waals surface area contributed by atoms with Crippen LogP contribution in [0.1, 0.15) is 55.2 Å². The number of morpholine rings is 1. The minimum Gasteiger partial charge on any atom is -0.378 e. The largest absolute Gasteiger partial charge is 0.378 e. The molecule has 6 rings (SSSR count). The first kappa shape index (κ1) is 21.6. The number of ether oxygens (including phenoxy) is 1. The molecule has 0 spiro atoms. The number of anilines is 2. The summed E-state index contributed by atoms with van der Waals surface area (Å²) in [5, 5.41) is 4.36. The van der Waals surface area contributed by atoms with E-state index in [4.69, 9.17) is 21.9 Å². The van der Waals surface area contributed by atoms with E-state index in [1.165, 1.54) is 37.1 Å². The Bertz CT molecular complexity index is 1120. The Hall–Kier alpha value is -2.90. The molecule has 2 aliphatic heterocycles. The van der Waals surface area contributed by atoms with E-state index in [1.807, 2.05) is 12.3 Å². The van der Waals surface area contributed by atoms with Crippen LogP contribution < -0.4 is 15.1 Å². The molecule has 1 aliphatic carbocycles. The Kier molecular flexibility index (Phi) is 5.97. The van der Waals surface area contributed by atoms with Crippen molar-refractivity contribution >= 4 is 28.7 Å². The van der Waals surface area contributed by atoms with Gasteiger partial charge in [-0.15, -0.1) is 0 Å². The second-order valence-corrected chi connectivity index (χ2v) is 9.78. The first-order valence-corrected chi connectivity index (χ1v) is 12.8. The number of aromatic nitrogens is 2. The highest BCUT2D eigenvalue weighted by molar-refractivity contribution is 7.80. The van der Waals surface area contributed by atoms with Gasteiger partial charge in [-0.1, -0.05) is 18.9 Å². The number of benzene rings is 1. The van der Waals surface area contributed by atoms with Crippen LogP contribution in [0.4, 0.5) is 11.4 Å². The van der Waals surface area contributed by atoms with Gasteiger partial charge in [0.2, 0.25) is 0 Å². The number of nitrogens with one attached hydrogen (secondary N) is 1. The van der Waals surface area contributed by atoms with Gasteiger partial charge in [-0.2, -0.15) is 0 Å². The van der Waals surface area contributed by atoms with Crippen LogP contribution in [0.5, 0.6) is 0 Å². The van der Waals surface area contributed by atoms with Crippen molar-refractivity contribution in [2.24, 2.45) is 0 Å². The van der Waals surface area contributed by atoms with Gasteiger partial charge in [0.25, 0.3) is 0 Å². The van der Waals surface area contributed by atoms with Crippen LogP contribution in [0.3, 0.4) is 0 Å². The average Bonchev–Trinajstić information content (AvgIpc) is 3.65. The molecule has 0 unspecified atom stereocenters. The summed E-state index contributed by atoms with van der Waals surface area (Å²) in [4.78, 5) is 9.38. The lowest BCUT2D eigenvalue weighted by Crippen LogP contribution is -2.36. The minimum atomic E-state index is -0.0114. The zero-order valence-electron chi connectivity index (χ0n) is 19.3. The van der Waals surface area contributed by atoms with E-state index in [9.17, 15) is 0 Å². The van der Waals surface area contributed by atoms with E-state index in [0.717, 1.165) is 42.8 Å². The number of hydrogen-bond acceptors (Lipinski definition) is 4. The third-order valence-corrected chi connectivity index (χ3v) is 7.75. The maximum atomic E-state index is 5.94. The molecule has 1 saturated carbocycles. The lowest BCUT2D eigenvalue weighted by Gasteiger charge is -2.32. The number of rotatable bonds is 5. The molecule has 0 bridgehead atoms. The summed E-state index contributed by atoms with van der Waals surface area (Å²) in [7, 11) is 0. The van der Waals surface area contributed by atoms with Crippen LogP contribution in [0.25, 0.3) is 0 Å². The van der Waals surface area contributed by atoms with E-state index < -0.39 is 0 Å². The third kappa shape index (κ3) is 3.97. The first-order chi connectivity index (χ1) is 16.8. The fourth-order valence-electron chi connectivity index (χ4n) is 5.75. The van der Waals surface area contributed by atoms with E-state index in [0.29, 0.717) is 6.04 Å². The van der Waals surface area contributed by atoms with E-state index >= 15 is 0 Å². The second kappa shape index (κ2) is 9.39. The van der Waals surface area contributed by atoms with Gasteiger partial charge in [-0.05, 0) is 73.6 Å². The maximum absolute atomic E-state index is 5.94. The Balaban J connectivity index is 1.38. The summed E-state index contributed by atoms with van der Waals surface area (Å²) >= 11 is 5.94. The average molecular weight is 474 g/mol. The lowest BCUT2D eigenvalue weighted by atomic mass is 10.00. The van der Waals surface area contributed by atoms with Gasteiger partial charge in [0.05, 0.1) is 24.9 Å². The molecule has 1 N–H and O–H groups in total. The molecule has 2 atom stereocenters. The number of pyridine rings is 1.